The Morgan fingerprint density at radius 1 is 0.778 bits per heavy atom. The molecule has 4 heteroatoms. The number of pyridine rings is 2. The molecule has 0 atom stereocenters. The van der Waals surface area contributed by atoms with Gasteiger partial charge in [0.2, 0.25) is 0 Å². The van der Waals surface area contributed by atoms with Crippen molar-refractivity contribution in [2.75, 3.05) is 13.1 Å². The van der Waals surface area contributed by atoms with Crippen LogP contribution in [0.15, 0.2) is 72.9 Å². The van der Waals surface area contributed by atoms with Crippen LogP contribution in [0.2, 0.25) is 0 Å². The van der Waals surface area contributed by atoms with Crippen molar-refractivity contribution in [3.63, 3.8) is 0 Å². The molecule has 0 aliphatic rings. The number of rotatable bonds is 7. The lowest BCUT2D eigenvalue weighted by Gasteiger charge is -2.21. The highest BCUT2D eigenvalue weighted by Gasteiger charge is 2.10. The van der Waals surface area contributed by atoms with E-state index in [9.17, 15) is 0 Å². The third kappa shape index (κ3) is 4.30. The summed E-state index contributed by atoms with van der Waals surface area (Å²) < 4.78 is 0. The average molecular weight is 356 g/mol. The maximum absolute atomic E-state index is 5.75. The molecule has 2 N–H and O–H groups in total. The van der Waals surface area contributed by atoms with E-state index in [1.54, 1.807) is 0 Å². The van der Waals surface area contributed by atoms with Crippen LogP contribution in [0, 0.1) is 0 Å². The summed E-state index contributed by atoms with van der Waals surface area (Å²) in [5.74, 6) is 0. The Morgan fingerprint density at radius 2 is 1.52 bits per heavy atom. The summed E-state index contributed by atoms with van der Waals surface area (Å²) >= 11 is 0. The molecule has 27 heavy (non-hydrogen) atoms. The second-order valence-corrected chi connectivity index (χ2v) is 6.87. The van der Waals surface area contributed by atoms with Gasteiger partial charge in [-0.1, -0.05) is 48.5 Å². The molecule has 0 unspecified atom stereocenters. The second kappa shape index (κ2) is 8.25. The Morgan fingerprint density at radius 3 is 2.37 bits per heavy atom. The summed E-state index contributed by atoms with van der Waals surface area (Å²) in [5.41, 5.74) is 8.94. The number of hydrogen-bond acceptors (Lipinski definition) is 4. The topological polar surface area (TPSA) is 55.0 Å². The monoisotopic (exact) mass is 356 g/mol. The average Bonchev–Trinajstić information content (AvgIpc) is 2.72. The minimum Gasteiger partial charge on any atom is -0.330 e. The SMILES string of the molecule is NCCCN(Cc1cc2ccccc2cn1)Cc1ccc2ccccc2n1. The van der Waals surface area contributed by atoms with Gasteiger partial charge in [-0.05, 0) is 36.6 Å². The number of nitrogens with zero attached hydrogens (tertiary/aromatic N) is 3. The summed E-state index contributed by atoms with van der Waals surface area (Å²) in [4.78, 5) is 11.9. The number of benzene rings is 2. The van der Waals surface area contributed by atoms with Gasteiger partial charge in [-0.25, -0.2) is 0 Å². The molecule has 0 saturated heterocycles. The van der Waals surface area contributed by atoms with Crippen molar-refractivity contribution in [2.45, 2.75) is 19.5 Å². The number of fused-ring (bicyclic) bond motifs is 2. The lowest BCUT2D eigenvalue weighted by atomic mass is 10.1. The molecule has 0 fully saturated rings. The van der Waals surface area contributed by atoms with Crippen molar-refractivity contribution in [3.8, 4) is 0 Å². The van der Waals surface area contributed by atoms with Crippen molar-refractivity contribution >= 4 is 21.7 Å². The highest BCUT2D eigenvalue weighted by atomic mass is 15.1. The molecule has 0 amide bonds. The first-order valence-corrected chi connectivity index (χ1v) is 9.42. The summed E-state index contributed by atoms with van der Waals surface area (Å²) in [5, 5.41) is 3.57. The smallest absolute Gasteiger partial charge is 0.0705 e. The van der Waals surface area contributed by atoms with E-state index in [1.165, 1.54) is 16.2 Å². The fourth-order valence-corrected chi connectivity index (χ4v) is 3.40. The summed E-state index contributed by atoms with van der Waals surface area (Å²) in [6.45, 7) is 3.20. The molecule has 4 aromatic rings. The zero-order chi connectivity index (χ0) is 18.5. The predicted molar refractivity (Wildman–Crippen MR) is 111 cm³/mol. The van der Waals surface area contributed by atoms with E-state index >= 15 is 0 Å². The Kier molecular flexibility index (Phi) is 5.37. The van der Waals surface area contributed by atoms with Crippen LogP contribution in [-0.2, 0) is 13.1 Å². The van der Waals surface area contributed by atoms with Crippen molar-refractivity contribution in [2.24, 2.45) is 5.73 Å². The zero-order valence-electron chi connectivity index (χ0n) is 15.4. The predicted octanol–water partition coefficient (Wildman–Crippen LogP) is 4.13. The fraction of sp³-hybridized carbons (Fsp3) is 0.217. The van der Waals surface area contributed by atoms with Crippen LogP contribution in [0.25, 0.3) is 21.7 Å². The molecule has 0 bridgehead atoms. The maximum atomic E-state index is 5.75. The normalized spacial score (nSPS) is 11.5. The molecule has 2 heterocycles. The molecule has 2 aromatic carbocycles. The molecule has 0 spiro atoms. The van der Waals surface area contributed by atoms with Crippen LogP contribution in [0.1, 0.15) is 17.8 Å². The van der Waals surface area contributed by atoms with Gasteiger partial charge < -0.3 is 5.73 Å². The van der Waals surface area contributed by atoms with Crippen molar-refractivity contribution in [3.05, 3.63) is 84.3 Å². The molecule has 0 aliphatic heterocycles. The first-order valence-electron chi connectivity index (χ1n) is 9.42. The Balaban J connectivity index is 1.55. The standard InChI is InChI=1S/C23H24N4/c24-12-5-13-27(16-21-11-10-18-6-3-4-9-23(18)26-21)17-22-14-19-7-1-2-8-20(19)15-25-22/h1-4,6-11,14-15H,5,12-13,16-17,24H2. The lowest BCUT2D eigenvalue weighted by Crippen LogP contribution is -2.26. The molecular formula is C23H24N4. The Bertz CT molecular complexity index is 963. The summed E-state index contributed by atoms with van der Waals surface area (Å²) in [7, 11) is 0. The largest absolute Gasteiger partial charge is 0.330 e. The Hall–Kier alpha value is -2.82. The minimum atomic E-state index is 0.687. The van der Waals surface area contributed by atoms with Gasteiger partial charge >= 0.3 is 0 Å². The first-order chi connectivity index (χ1) is 13.3. The van der Waals surface area contributed by atoms with Crippen molar-refractivity contribution in [1.82, 2.24) is 14.9 Å². The van der Waals surface area contributed by atoms with E-state index in [2.05, 4.69) is 58.4 Å². The van der Waals surface area contributed by atoms with E-state index in [1.807, 2.05) is 24.4 Å². The number of hydrogen-bond donors (Lipinski definition) is 1. The molecule has 0 radical (unpaired) electrons. The van der Waals surface area contributed by atoms with Crippen LogP contribution >= 0.6 is 0 Å². The highest BCUT2D eigenvalue weighted by molar-refractivity contribution is 5.81. The van der Waals surface area contributed by atoms with E-state index < -0.39 is 0 Å². The molecular weight excluding hydrogens is 332 g/mol. The highest BCUT2D eigenvalue weighted by Crippen LogP contribution is 2.17. The number of nitrogens with two attached hydrogens (primary N) is 1. The van der Waals surface area contributed by atoms with Crippen molar-refractivity contribution < 1.29 is 0 Å². The minimum absolute atomic E-state index is 0.687. The first kappa shape index (κ1) is 17.6. The van der Waals surface area contributed by atoms with Crippen LogP contribution < -0.4 is 5.73 Å². The van der Waals surface area contributed by atoms with Gasteiger partial charge in [-0.2, -0.15) is 0 Å². The molecule has 0 saturated carbocycles. The number of aromatic nitrogens is 2. The van der Waals surface area contributed by atoms with Crippen molar-refractivity contribution in [1.29, 1.82) is 0 Å². The van der Waals surface area contributed by atoms with E-state index in [0.717, 1.165) is 43.0 Å². The molecule has 0 aliphatic carbocycles. The fourth-order valence-electron chi connectivity index (χ4n) is 3.40. The van der Waals surface area contributed by atoms with Crippen LogP contribution in [0.4, 0.5) is 0 Å². The maximum Gasteiger partial charge on any atom is 0.0705 e. The van der Waals surface area contributed by atoms with Gasteiger partial charge in [0.25, 0.3) is 0 Å². The van der Waals surface area contributed by atoms with Crippen LogP contribution in [0.5, 0.6) is 0 Å². The summed E-state index contributed by atoms with van der Waals surface area (Å²) in [6.07, 6.45) is 2.92. The molecule has 4 rings (SSSR count). The second-order valence-electron chi connectivity index (χ2n) is 6.87. The molecule has 4 nitrogen and oxygen atoms in total. The van der Waals surface area contributed by atoms with Gasteiger partial charge in [0, 0.05) is 36.6 Å². The number of para-hydroxylation sites is 1. The molecule has 2 aromatic heterocycles. The van der Waals surface area contributed by atoms with Gasteiger partial charge in [0.15, 0.2) is 0 Å². The van der Waals surface area contributed by atoms with E-state index in [4.69, 9.17) is 10.7 Å². The van der Waals surface area contributed by atoms with Gasteiger partial charge in [0.05, 0.1) is 16.9 Å². The lowest BCUT2D eigenvalue weighted by molar-refractivity contribution is 0.249. The zero-order valence-corrected chi connectivity index (χ0v) is 15.4. The Labute approximate surface area is 159 Å². The quantitative estimate of drug-likeness (QED) is 0.541. The molecule has 136 valence electrons. The summed E-state index contributed by atoms with van der Waals surface area (Å²) in [6, 6.07) is 23.0. The van der Waals surface area contributed by atoms with Gasteiger partial charge in [-0.3, -0.25) is 14.9 Å². The third-order valence-corrected chi connectivity index (χ3v) is 4.79. The van der Waals surface area contributed by atoms with E-state index in [-0.39, 0.29) is 0 Å². The van der Waals surface area contributed by atoms with Crippen LogP contribution in [0.3, 0.4) is 0 Å². The van der Waals surface area contributed by atoms with Gasteiger partial charge in [-0.15, -0.1) is 0 Å². The van der Waals surface area contributed by atoms with Crippen LogP contribution in [-0.4, -0.2) is 28.0 Å². The van der Waals surface area contributed by atoms with E-state index in [0.29, 0.717) is 6.54 Å². The third-order valence-electron chi connectivity index (χ3n) is 4.79. The van der Waals surface area contributed by atoms with Gasteiger partial charge in [0.1, 0.15) is 0 Å².